The summed E-state index contributed by atoms with van der Waals surface area (Å²) in [6, 6.07) is 0. The third-order valence-corrected chi connectivity index (χ3v) is 4.49. The molecule has 1 unspecified atom stereocenters. The predicted molar refractivity (Wildman–Crippen MR) is 87.3 cm³/mol. The maximum Gasteiger partial charge on any atom is 0.0547 e. The van der Waals surface area contributed by atoms with Crippen LogP contribution in [0.2, 0.25) is 0 Å². The molecule has 0 amide bonds. The van der Waals surface area contributed by atoms with Crippen molar-refractivity contribution < 1.29 is 4.74 Å². The first-order valence-electron chi connectivity index (χ1n) is 8.42. The van der Waals surface area contributed by atoms with Crippen LogP contribution >= 0.6 is 0 Å². The van der Waals surface area contributed by atoms with Gasteiger partial charge in [0.15, 0.2) is 0 Å². The summed E-state index contributed by atoms with van der Waals surface area (Å²) in [5, 5.41) is 0. The lowest BCUT2D eigenvalue weighted by atomic mass is 9.73. The minimum absolute atomic E-state index is 0.536. The van der Waals surface area contributed by atoms with Gasteiger partial charge < -0.3 is 14.5 Å². The van der Waals surface area contributed by atoms with Crippen molar-refractivity contribution in [2.24, 2.45) is 5.41 Å². The third-order valence-electron chi connectivity index (χ3n) is 4.49. The van der Waals surface area contributed by atoms with E-state index in [1.165, 1.54) is 58.2 Å². The van der Waals surface area contributed by atoms with Gasteiger partial charge in [-0.2, -0.15) is 0 Å². The summed E-state index contributed by atoms with van der Waals surface area (Å²) < 4.78 is 5.28. The molecule has 0 radical (unpaired) electrons. The lowest BCUT2D eigenvalue weighted by Gasteiger charge is -2.49. The Kier molecular flexibility index (Phi) is 8.08. The van der Waals surface area contributed by atoms with Gasteiger partial charge in [-0.15, -0.1) is 0 Å². The average molecular weight is 284 g/mol. The summed E-state index contributed by atoms with van der Waals surface area (Å²) in [4.78, 5) is 4.74. The smallest absolute Gasteiger partial charge is 0.0547 e. The first-order chi connectivity index (χ1) is 9.47. The number of nitrogens with zero attached hydrogens (tertiary/aromatic N) is 2. The van der Waals surface area contributed by atoms with E-state index in [4.69, 9.17) is 4.74 Å². The molecule has 120 valence electrons. The molecule has 0 aromatic rings. The second-order valence-electron chi connectivity index (χ2n) is 7.15. The van der Waals surface area contributed by atoms with Gasteiger partial charge in [-0.3, -0.25) is 0 Å². The lowest BCUT2D eigenvalue weighted by Crippen LogP contribution is -2.55. The Balaban J connectivity index is 0.000000240. The van der Waals surface area contributed by atoms with Crippen molar-refractivity contribution in [2.45, 2.75) is 58.5 Å². The molecule has 0 aromatic carbocycles. The van der Waals surface area contributed by atoms with E-state index in [-0.39, 0.29) is 0 Å². The van der Waals surface area contributed by atoms with E-state index in [2.05, 4.69) is 44.8 Å². The molecule has 0 spiro atoms. The second-order valence-corrected chi connectivity index (χ2v) is 7.15. The first kappa shape index (κ1) is 17.9. The van der Waals surface area contributed by atoms with E-state index in [9.17, 15) is 0 Å². The van der Waals surface area contributed by atoms with Crippen molar-refractivity contribution in [3.63, 3.8) is 0 Å². The normalized spacial score (nSPS) is 25.8. The first-order valence-corrected chi connectivity index (χ1v) is 8.42. The SMILES string of the molecule is CC1CCCCO1.CCCC1(CCN(C)C)CN(C)C1. The van der Waals surface area contributed by atoms with Crippen molar-refractivity contribution >= 4 is 0 Å². The average Bonchev–Trinajstić information content (AvgIpc) is 2.36. The Morgan fingerprint density at radius 2 is 1.90 bits per heavy atom. The maximum absolute atomic E-state index is 5.28. The van der Waals surface area contributed by atoms with Crippen LogP contribution in [0, 0.1) is 5.41 Å². The topological polar surface area (TPSA) is 15.7 Å². The van der Waals surface area contributed by atoms with E-state index in [0.29, 0.717) is 11.5 Å². The molecule has 0 saturated carbocycles. The highest BCUT2D eigenvalue weighted by Gasteiger charge is 2.39. The number of hydrogen-bond acceptors (Lipinski definition) is 3. The molecule has 3 heteroatoms. The van der Waals surface area contributed by atoms with Gasteiger partial charge in [-0.1, -0.05) is 13.3 Å². The molecule has 20 heavy (non-hydrogen) atoms. The number of rotatable bonds is 5. The standard InChI is InChI=1S/C11H24N2.C6H12O/c1-5-6-11(7-8-12(2)3)9-13(4)10-11;1-6-4-2-3-5-7-6/h5-10H2,1-4H3;6H,2-5H2,1H3. The highest BCUT2D eigenvalue weighted by atomic mass is 16.5. The summed E-state index contributed by atoms with van der Waals surface area (Å²) in [7, 11) is 6.56. The number of likely N-dealkylation sites (tertiary alicyclic amines) is 1. The van der Waals surface area contributed by atoms with Gasteiger partial charge in [0.05, 0.1) is 6.10 Å². The molecule has 2 fully saturated rings. The Morgan fingerprint density at radius 3 is 2.25 bits per heavy atom. The minimum Gasteiger partial charge on any atom is -0.379 e. The summed E-state index contributed by atoms with van der Waals surface area (Å²) in [6.07, 6.45) is 8.55. The molecule has 0 aliphatic carbocycles. The Morgan fingerprint density at radius 1 is 1.20 bits per heavy atom. The summed E-state index contributed by atoms with van der Waals surface area (Å²) >= 11 is 0. The summed E-state index contributed by atoms with van der Waals surface area (Å²) in [5.74, 6) is 0. The molecule has 2 aliphatic heterocycles. The van der Waals surface area contributed by atoms with E-state index < -0.39 is 0 Å². The van der Waals surface area contributed by atoms with Crippen LogP contribution in [0.4, 0.5) is 0 Å². The van der Waals surface area contributed by atoms with Crippen LogP contribution in [0.15, 0.2) is 0 Å². The molecule has 2 saturated heterocycles. The molecule has 0 bridgehead atoms. The highest BCUT2D eigenvalue weighted by Crippen LogP contribution is 2.37. The van der Waals surface area contributed by atoms with E-state index in [1.807, 2.05) is 0 Å². The Hall–Kier alpha value is -0.120. The minimum atomic E-state index is 0.536. The van der Waals surface area contributed by atoms with Crippen molar-refractivity contribution in [1.82, 2.24) is 9.80 Å². The molecule has 0 aromatic heterocycles. The van der Waals surface area contributed by atoms with E-state index in [1.54, 1.807) is 0 Å². The van der Waals surface area contributed by atoms with Gasteiger partial charge in [0, 0.05) is 19.7 Å². The zero-order valence-electron chi connectivity index (χ0n) is 14.5. The fourth-order valence-corrected chi connectivity index (χ4v) is 3.43. The van der Waals surface area contributed by atoms with Gasteiger partial charge >= 0.3 is 0 Å². The van der Waals surface area contributed by atoms with Crippen LogP contribution in [0.5, 0.6) is 0 Å². The van der Waals surface area contributed by atoms with Crippen molar-refractivity contribution in [3.8, 4) is 0 Å². The second kappa shape index (κ2) is 9.01. The van der Waals surface area contributed by atoms with E-state index in [0.717, 1.165) is 6.61 Å². The zero-order valence-corrected chi connectivity index (χ0v) is 14.5. The van der Waals surface area contributed by atoms with Crippen LogP contribution in [0.3, 0.4) is 0 Å². The monoisotopic (exact) mass is 284 g/mol. The molecular formula is C17H36N2O. The van der Waals surface area contributed by atoms with Crippen molar-refractivity contribution in [3.05, 3.63) is 0 Å². The van der Waals surface area contributed by atoms with Gasteiger partial charge in [0.1, 0.15) is 0 Å². The van der Waals surface area contributed by atoms with Crippen LogP contribution in [0.1, 0.15) is 52.4 Å². The Bertz CT molecular complexity index is 238. The molecule has 2 aliphatic rings. The van der Waals surface area contributed by atoms with Crippen LogP contribution in [-0.4, -0.2) is 63.3 Å². The maximum atomic E-state index is 5.28. The molecular weight excluding hydrogens is 248 g/mol. The van der Waals surface area contributed by atoms with Gasteiger partial charge in [0.25, 0.3) is 0 Å². The fraction of sp³-hybridized carbons (Fsp3) is 1.00. The summed E-state index contributed by atoms with van der Waals surface area (Å²) in [6.45, 7) is 9.30. The summed E-state index contributed by atoms with van der Waals surface area (Å²) in [5.41, 5.74) is 0.660. The Labute approximate surface area is 126 Å². The van der Waals surface area contributed by atoms with Crippen LogP contribution in [0.25, 0.3) is 0 Å². The van der Waals surface area contributed by atoms with Crippen LogP contribution in [-0.2, 0) is 4.74 Å². The van der Waals surface area contributed by atoms with Crippen LogP contribution < -0.4 is 0 Å². The largest absolute Gasteiger partial charge is 0.379 e. The molecule has 2 heterocycles. The predicted octanol–water partition coefficient (Wildman–Crippen LogP) is 3.25. The van der Waals surface area contributed by atoms with Gasteiger partial charge in [-0.05, 0) is 72.1 Å². The van der Waals surface area contributed by atoms with Crippen molar-refractivity contribution in [1.29, 1.82) is 0 Å². The van der Waals surface area contributed by atoms with E-state index >= 15 is 0 Å². The quantitative estimate of drug-likeness (QED) is 0.771. The molecule has 1 atom stereocenters. The fourth-order valence-electron chi connectivity index (χ4n) is 3.43. The molecule has 2 rings (SSSR count). The molecule has 3 nitrogen and oxygen atoms in total. The van der Waals surface area contributed by atoms with Gasteiger partial charge in [-0.25, -0.2) is 0 Å². The number of ether oxygens (including phenoxy) is 1. The lowest BCUT2D eigenvalue weighted by molar-refractivity contribution is 0.00137. The zero-order chi connectivity index (χ0) is 15.0. The van der Waals surface area contributed by atoms with Gasteiger partial charge in [0.2, 0.25) is 0 Å². The molecule has 0 N–H and O–H groups in total. The number of hydrogen-bond donors (Lipinski definition) is 0. The highest BCUT2D eigenvalue weighted by molar-refractivity contribution is 4.93. The van der Waals surface area contributed by atoms with Crippen molar-refractivity contribution in [2.75, 3.05) is 47.4 Å². The third kappa shape index (κ3) is 6.55.